The van der Waals surface area contributed by atoms with Crippen molar-refractivity contribution in [1.29, 1.82) is 0 Å². The summed E-state index contributed by atoms with van der Waals surface area (Å²) in [6.45, 7) is 0. The Labute approximate surface area is 127 Å². The third kappa shape index (κ3) is 1.96. The fourth-order valence-electron chi connectivity index (χ4n) is 3.01. The van der Waals surface area contributed by atoms with E-state index in [9.17, 15) is 5.11 Å². The summed E-state index contributed by atoms with van der Waals surface area (Å²) in [5.74, 6) is 0.224. The molecule has 0 spiro atoms. The molecule has 1 heterocycles. The predicted octanol–water partition coefficient (Wildman–Crippen LogP) is 4.14. The summed E-state index contributed by atoms with van der Waals surface area (Å²) in [5.41, 5.74) is 5.09. The fraction of sp³-hybridized carbons (Fsp3) is 0.176. The normalized spacial score (nSPS) is 13.6. The third-order valence-corrected chi connectivity index (χ3v) is 4.47. The number of aryl methyl sites for hydroxylation is 2. The first-order valence-electron chi connectivity index (χ1n) is 7.00. The second-order valence-electron chi connectivity index (χ2n) is 5.36. The van der Waals surface area contributed by atoms with Crippen LogP contribution in [0.25, 0.3) is 22.2 Å². The van der Waals surface area contributed by atoms with Crippen LogP contribution in [0.5, 0.6) is 5.75 Å². The number of aromatic hydroxyl groups is 1. The van der Waals surface area contributed by atoms with Crippen molar-refractivity contribution in [2.45, 2.75) is 19.3 Å². The molecule has 0 amide bonds. The zero-order valence-electron chi connectivity index (χ0n) is 11.3. The first-order chi connectivity index (χ1) is 10.2. The first-order valence-corrected chi connectivity index (χ1v) is 7.38. The molecule has 21 heavy (non-hydrogen) atoms. The SMILES string of the molecule is Oc1ccc(-c2nnc3c4c(ccc3c2Cl)CCC4)cc1. The predicted molar refractivity (Wildman–Crippen MR) is 83.7 cm³/mol. The topological polar surface area (TPSA) is 46.0 Å². The Hall–Kier alpha value is -2.13. The van der Waals surface area contributed by atoms with Crippen molar-refractivity contribution in [2.24, 2.45) is 0 Å². The second kappa shape index (κ2) is 4.71. The van der Waals surface area contributed by atoms with Gasteiger partial charge in [0.1, 0.15) is 11.4 Å². The van der Waals surface area contributed by atoms with Gasteiger partial charge in [-0.15, -0.1) is 10.2 Å². The lowest BCUT2D eigenvalue weighted by atomic mass is 10.0. The van der Waals surface area contributed by atoms with E-state index in [1.54, 1.807) is 24.3 Å². The fourth-order valence-corrected chi connectivity index (χ4v) is 3.31. The molecule has 0 radical (unpaired) electrons. The molecule has 4 heteroatoms. The highest BCUT2D eigenvalue weighted by Gasteiger charge is 2.18. The van der Waals surface area contributed by atoms with Gasteiger partial charge in [0.25, 0.3) is 0 Å². The molecule has 4 rings (SSSR count). The van der Waals surface area contributed by atoms with Crippen LogP contribution < -0.4 is 0 Å². The van der Waals surface area contributed by atoms with Crippen molar-refractivity contribution in [2.75, 3.05) is 0 Å². The number of aromatic nitrogens is 2. The molecule has 0 aliphatic heterocycles. The van der Waals surface area contributed by atoms with Crippen LogP contribution in [0, 0.1) is 0 Å². The number of hydrogen-bond acceptors (Lipinski definition) is 3. The number of fused-ring (bicyclic) bond motifs is 3. The van der Waals surface area contributed by atoms with Gasteiger partial charge in [-0.05, 0) is 54.7 Å². The Morgan fingerprint density at radius 2 is 1.76 bits per heavy atom. The molecule has 0 atom stereocenters. The summed E-state index contributed by atoms with van der Waals surface area (Å²) < 4.78 is 0. The highest BCUT2D eigenvalue weighted by atomic mass is 35.5. The number of benzene rings is 2. The Morgan fingerprint density at radius 3 is 2.57 bits per heavy atom. The van der Waals surface area contributed by atoms with E-state index < -0.39 is 0 Å². The van der Waals surface area contributed by atoms with Crippen LogP contribution in [0.4, 0.5) is 0 Å². The minimum atomic E-state index is 0.224. The van der Waals surface area contributed by atoms with Gasteiger partial charge in [-0.25, -0.2) is 0 Å². The largest absolute Gasteiger partial charge is 0.508 e. The molecule has 0 fully saturated rings. The molecular weight excluding hydrogens is 284 g/mol. The number of hydrogen-bond donors (Lipinski definition) is 1. The number of nitrogens with zero attached hydrogens (tertiary/aromatic N) is 2. The molecular formula is C17H13ClN2O. The van der Waals surface area contributed by atoms with E-state index >= 15 is 0 Å². The molecule has 104 valence electrons. The average Bonchev–Trinajstić information content (AvgIpc) is 2.97. The quantitative estimate of drug-likeness (QED) is 0.734. The van der Waals surface area contributed by atoms with Crippen LogP contribution in [0.15, 0.2) is 36.4 Å². The summed E-state index contributed by atoms with van der Waals surface area (Å²) in [6, 6.07) is 11.0. The molecule has 0 unspecified atom stereocenters. The Balaban J connectivity index is 1.95. The smallest absolute Gasteiger partial charge is 0.115 e. The van der Waals surface area contributed by atoms with Crippen molar-refractivity contribution in [3.63, 3.8) is 0 Å². The van der Waals surface area contributed by atoms with Crippen LogP contribution in [-0.2, 0) is 12.8 Å². The molecule has 2 aromatic carbocycles. The molecule has 0 bridgehead atoms. The van der Waals surface area contributed by atoms with E-state index in [1.807, 2.05) is 6.07 Å². The zero-order chi connectivity index (χ0) is 14.4. The molecule has 1 N–H and O–H groups in total. The lowest BCUT2D eigenvalue weighted by Gasteiger charge is -2.09. The van der Waals surface area contributed by atoms with Gasteiger partial charge in [0.2, 0.25) is 0 Å². The lowest BCUT2D eigenvalue weighted by Crippen LogP contribution is -1.95. The van der Waals surface area contributed by atoms with E-state index in [-0.39, 0.29) is 5.75 Å². The van der Waals surface area contributed by atoms with Gasteiger partial charge >= 0.3 is 0 Å². The van der Waals surface area contributed by atoms with E-state index in [2.05, 4.69) is 16.3 Å². The summed E-state index contributed by atoms with van der Waals surface area (Å²) >= 11 is 6.55. The van der Waals surface area contributed by atoms with Crippen molar-refractivity contribution >= 4 is 22.5 Å². The van der Waals surface area contributed by atoms with Crippen LogP contribution >= 0.6 is 11.6 Å². The number of halogens is 1. The molecule has 1 aromatic heterocycles. The maximum absolute atomic E-state index is 9.38. The van der Waals surface area contributed by atoms with E-state index in [4.69, 9.17) is 11.6 Å². The standard InChI is InChI=1S/C17H13ClN2O/c18-15-14-9-6-10-2-1-3-13(10)17(14)20-19-16(15)11-4-7-12(21)8-5-11/h4-9,21H,1-3H2. The monoisotopic (exact) mass is 296 g/mol. The van der Waals surface area contributed by atoms with Crippen molar-refractivity contribution in [1.82, 2.24) is 10.2 Å². The molecule has 3 nitrogen and oxygen atoms in total. The van der Waals surface area contributed by atoms with Crippen molar-refractivity contribution in [3.8, 4) is 17.0 Å². The van der Waals surface area contributed by atoms with Crippen LogP contribution in [0.3, 0.4) is 0 Å². The summed E-state index contributed by atoms with van der Waals surface area (Å²) in [7, 11) is 0. The van der Waals surface area contributed by atoms with E-state index in [0.717, 1.165) is 29.3 Å². The van der Waals surface area contributed by atoms with Gasteiger partial charge < -0.3 is 5.11 Å². The Kier molecular flexibility index (Phi) is 2.82. The summed E-state index contributed by atoms with van der Waals surface area (Å²) in [4.78, 5) is 0. The Morgan fingerprint density at radius 1 is 0.952 bits per heavy atom. The van der Waals surface area contributed by atoms with Gasteiger partial charge in [-0.3, -0.25) is 0 Å². The Bertz CT molecular complexity index is 844. The van der Waals surface area contributed by atoms with Gasteiger partial charge in [0.15, 0.2) is 0 Å². The zero-order valence-corrected chi connectivity index (χ0v) is 12.1. The highest BCUT2D eigenvalue weighted by Crippen LogP contribution is 2.36. The van der Waals surface area contributed by atoms with Crippen molar-refractivity contribution < 1.29 is 5.11 Å². The van der Waals surface area contributed by atoms with Crippen LogP contribution in [-0.4, -0.2) is 15.3 Å². The van der Waals surface area contributed by atoms with Gasteiger partial charge in [0, 0.05) is 10.9 Å². The lowest BCUT2D eigenvalue weighted by molar-refractivity contribution is 0.475. The molecule has 0 saturated carbocycles. The molecule has 1 aliphatic rings. The van der Waals surface area contributed by atoms with Crippen LogP contribution in [0.1, 0.15) is 17.5 Å². The van der Waals surface area contributed by atoms with Gasteiger partial charge in [-0.1, -0.05) is 23.7 Å². The first kappa shape index (κ1) is 12.6. The summed E-state index contributed by atoms with van der Waals surface area (Å²) in [5, 5.41) is 19.7. The second-order valence-corrected chi connectivity index (χ2v) is 5.74. The number of phenols is 1. The molecule has 0 saturated heterocycles. The van der Waals surface area contributed by atoms with Crippen molar-refractivity contribution in [3.05, 3.63) is 52.5 Å². The minimum Gasteiger partial charge on any atom is -0.508 e. The third-order valence-electron chi connectivity index (χ3n) is 4.09. The molecule has 3 aromatic rings. The van der Waals surface area contributed by atoms with Crippen LogP contribution in [0.2, 0.25) is 5.02 Å². The van der Waals surface area contributed by atoms with E-state index in [0.29, 0.717) is 10.7 Å². The highest BCUT2D eigenvalue weighted by molar-refractivity contribution is 6.37. The van der Waals surface area contributed by atoms with E-state index in [1.165, 1.54) is 17.5 Å². The molecule has 1 aliphatic carbocycles. The van der Waals surface area contributed by atoms with Gasteiger partial charge in [-0.2, -0.15) is 0 Å². The average molecular weight is 297 g/mol. The minimum absolute atomic E-state index is 0.224. The maximum atomic E-state index is 9.38. The summed E-state index contributed by atoms with van der Waals surface area (Å²) in [6.07, 6.45) is 3.34. The maximum Gasteiger partial charge on any atom is 0.115 e. The van der Waals surface area contributed by atoms with Gasteiger partial charge in [0.05, 0.1) is 10.5 Å². The number of rotatable bonds is 1. The number of phenolic OH excluding ortho intramolecular Hbond substituents is 1.